The van der Waals surface area contributed by atoms with Crippen molar-refractivity contribution in [3.8, 4) is 5.75 Å². The Balaban J connectivity index is 1.52. The van der Waals surface area contributed by atoms with E-state index in [1.807, 2.05) is 6.92 Å². The predicted octanol–water partition coefficient (Wildman–Crippen LogP) is 5.41. The van der Waals surface area contributed by atoms with Crippen molar-refractivity contribution in [1.29, 1.82) is 0 Å². The maximum absolute atomic E-state index is 13.1. The van der Waals surface area contributed by atoms with Gasteiger partial charge in [-0.15, -0.1) is 0 Å². The van der Waals surface area contributed by atoms with Crippen LogP contribution < -0.4 is 4.74 Å². The number of rotatable bonds is 7. The smallest absolute Gasteiger partial charge is 0.158 e. The van der Waals surface area contributed by atoms with Gasteiger partial charge in [0, 0.05) is 0 Å². The van der Waals surface area contributed by atoms with E-state index in [2.05, 4.69) is 0 Å². The Kier molecular flexibility index (Phi) is 6.58. The summed E-state index contributed by atoms with van der Waals surface area (Å²) in [6.07, 6.45) is 2.99. The maximum atomic E-state index is 13.1. The van der Waals surface area contributed by atoms with Crippen LogP contribution in [0.1, 0.15) is 44.3 Å². The molecule has 0 aromatic heterocycles. The van der Waals surface area contributed by atoms with Crippen molar-refractivity contribution in [1.82, 2.24) is 0 Å². The van der Waals surface area contributed by atoms with Crippen molar-refractivity contribution in [2.24, 2.45) is 0 Å². The first-order valence-electron chi connectivity index (χ1n) is 9.09. The molecular weight excluding hydrogens is 338 g/mol. The van der Waals surface area contributed by atoms with Gasteiger partial charge >= 0.3 is 0 Å². The Bertz CT molecular complexity index is 673. The molecule has 0 amide bonds. The van der Waals surface area contributed by atoms with Crippen LogP contribution in [-0.4, -0.2) is 19.0 Å². The van der Waals surface area contributed by atoms with Gasteiger partial charge in [-0.3, -0.25) is 0 Å². The van der Waals surface area contributed by atoms with E-state index in [-0.39, 0.29) is 30.1 Å². The van der Waals surface area contributed by atoms with E-state index in [1.165, 1.54) is 24.3 Å². The Morgan fingerprint density at radius 3 is 2.31 bits per heavy atom. The molecule has 3 atom stereocenters. The van der Waals surface area contributed by atoms with Crippen LogP contribution in [0.15, 0.2) is 48.5 Å². The minimum absolute atomic E-state index is 0.0653. The molecule has 3 unspecified atom stereocenters. The van der Waals surface area contributed by atoms with Gasteiger partial charge in [-0.25, -0.2) is 8.78 Å². The summed E-state index contributed by atoms with van der Waals surface area (Å²) in [5.41, 5.74) is 0.946. The predicted molar refractivity (Wildman–Crippen MR) is 94.9 cm³/mol. The summed E-state index contributed by atoms with van der Waals surface area (Å²) in [6, 6.07) is 12.4. The van der Waals surface area contributed by atoms with Crippen molar-refractivity contribution < 1.29 is 23.0 Å². The van der Waals surface area contributed by atoms with E-state index >= 15 is 0 Å². The normalized spacial score (nSPS) is 21.3. The third-order valence-corrected chi connectivity index (χ3v) is 4.49. The zero-order valence-corrected chi connectivity index (χ0v) is 14.9. The lowest BCUT2D eigenvalue weighted by atomic mass is 10.1. The average molecular weight is 362 g/mol. The van der Waals surface area contributed by atoms with Crippen LogP contribution in [0, 0.1) is 11.6 Å². The van der Waals surface area contributed by atoms with E-state index < -0.39 is 0 Å². The molecule has 26 heavy (non-hydrogen) atoms. The van der Waals surface area contributed by atoms with Gasteiger partial charge in [0.2, 0.25) is 0 Å². The molecule has 3 nitrogen and oxygen atoms in total. The van der Waals surface area contributed by atoms with E-state index in [9.17, 15) is 8.78 Å². The average Bonchev–Trinajstić information content (AvgIpc) is 2.67. The summed E-state index contributed by atoms with van der Waals surface area (Å²) >= 11 is 0. The highest BCUT2D eigenvalue weighted by atomic mass is 19.1. The molecule has 0 saturated carbocycles. The number of hydrogen-bond donors (Lipinski definition) is 0. The van der Waals surface area contributed by atoms with Gasteiger partial charge < -0.3 is 14.2 Å². The van der Waals surface area contributed by atoms with Crippen LogP contribution in [0.4, 0.5) is 8.78 Å². The first-order valence-corrected chi connectivity index (χ1v) is 9.09. The first-order chi connectivity index (χ1) is 12.6. The van der Waals surface area contributed by atoms with Crippen molar-refractivity contribution in [3.63, 3.8) is 0 Å². The van der Waals surface area contributed by atoms with Gasteiger partial charge in [-0.1, -0.05) is 19.1 Å². The number of halogens is 2. The summed E-state index contributed by atoms with van der Waals surface area (Å²) in [5, 5.41) is 0. The molecule has 2 aromatic carbocycles. The van der Waals surface area contributed by atoms with E-state index in [0.717, 1.165) is 31.2 Å². The van der Waals surface area contributed by atoms with Crippen LogP contribution in [0.2, 0.25) is 0 Å². The standard InChI is InChI=1S/C21H24F2O3/c1-2-20(15-6-8-16(22)9-7-15)26-21-5-3-4-19(25-21)14-24-18-12-10-17(23)11-13-18/h6-13,19-21H,2-5,14H2,1H3. The van der Waals surface area contributed by atoms with Crippen LogP contribution >= 0.6 is 0 Å². The summed E-state index contributed by atoms with van der Waals surface area (Å²) in [7, 11) is 0. The van der Waals surface area contributed by atoms with Crippen LogP contribution in [0.3, 0.4) is 0 Å². The van der Waals surface area contributed by atoms with Crippen LogP contribution in [0.25, 0.3) is 0 Å². The van der Waals surface area contributed by atoms with Gasteiger partial charge in [0.25, 0.3) is 0 Å². The molecule has 0 spiro atoms. The van der Waals surface area contributed by atoms with Crippen molar-refractivity contribution in [2.45, 2.75) is 51.1 Å². The monoisotopic (exact) mass is 362 g/mol. The molecule has 0 bridgehead atoms. The summed E-state index contributed by atoms with van der Waals surface area (Å²) in [5.74, 6) is 0.0810. The third kappa shape index (κ3) is 5.26. The molecule has 3 rings (SSSR count). The molecule has 0 aliphatic carbocycles. The number of ether oxygens (including phenoxy) is 3. The van der Waals surface area contributed by atoms with E-state index in [4.69, 9.17) is 14.2 Å². The molecule has 140 valence electrons. The zero-order chi connectivity index (χ0) is 18.4. The lowest BCUT2D eigenvalue weighted by molar-refractivity contribution is -0.221. The highest BCUT2D eigenvalue weighted by Crippen LogP contribution is 2.28. The Morgan fingerprint density at radius 1 is 1.00 bits per heavy atom. The zero-order valence-electron chi connectivity index (χ0n) is 14.9. The SMILES string of the molecule is CCC(OC1CCCC(COc2ccc(F)cc2)O1)c1ccc(F)cc1. The fourth-order valence-electron chi connectivity index (χ4n) is 3.08. The van der Waals surface area contributed by atoms with Gasteiger partial charge in [0.15, 0.2) is 6.29 Å². The minimum atomic E-state index is -0.305. The molecular formula is C21H24F2O3. The second-order valence-corrected chi connectivity index (χ2v) is 6.47. The molecule has 2 aromatic rings. The van der Waals surface area contributed by atoms with Crippen LogP contribution in [0.5, 0.6) is 5.75 Å². The van der Waals surface area contributed by atoms with Gasteiger partial charge in [-0.2, -0.15) is 0 Å². The molecule has 1 heterocycles. The Labute approximate surface area is 152 Å². The van der Waals surface area contributed by atoms with Crippen molar-refractivity contribution in [2.75, 3.05) is 6.61 Å². The fourth-order valence-corrected chi connectivity index (χ4v) is 3.08. The molecule has 1 aliphatic rings. The fraction of sp³-hybridized carbons (Fsp3) is 0.429. The van der Waals surface area contributed by atoms with Crippen LogP contribution in [-0.2, 0) is 9.47 Å². The molecule has 1 fully saturated rings. The molecule has 0 N–H and O–H groups in total. The lowest BCUT2D eigenvalue weighted by Gasteiger charge is -2.32. The topological polar surface area (TPSA) is 27.7 Å². The van der Waals surface area contributed by atoms with Crippen molar-refractivity contribution in [3.05, 3.63) is 65.7 Å². The maximum Gasteiger partial charge on any atom is 0.158 e. The van der Waals surface area contributed by atoms with Gasteiger partial charge in [-0.05, 0) is 67.6 Å². The second kappa shape index (κ2) is 9.10. The lowest BCUT2D eigenvalue weighted by Crippen LogP contribution is -2.34. The second-order valence-electron chi connectivity index (χ2n) is 6.47. The molecule has 0 radical (unpaired) electrons. The quantitative estimate of drug-likeness (QED) is 0.659. The summed E-state index contributed by atoms with van der Waals surface area (Å²) in [4.78, 5) is 0. The van der Waals surface area contributed by atoms with Gasteiger partial charge in [0.1, 0.15) is 24.0 Å². The van der Waals surface area contributed by atoms with Gasteiger partial charge in [0.05, 0.1) is 12.2 Å². The third-order valence-electron chi connectivity index (χ3n) is 4.49. The van der Waals surface area contributed by atoms with Crippen molar-refractivity contribution >= 4 is 0 Å². The number of hydrogen-bond acceptors (Lipinski definition) is 3. The Hall–Kier alpha value is -1.98. The Morgan fingerprint density at radius 2 is 1.65 bits per heavy atom. The van der Waals surface area contributed by atoms with E-state index in [0.29, 0.717) is 12.4 Å². The summed E-state index contributed by atoms with van der Waals surface area (Å²) < 4.78 is 43.9. The first kappa shape index (κ1) is 18.8. The minimum Gasteiger partial charge on any atom is -0.491 e. The highest BCUT2D eigenvalue weighted by Gasteiger charge is 2.26. The number of benzene rings is 2. The molecule has 1 saturated heterocycles. The van der Waals surface area contributed by atoms with E-state index in [1.54, 1.807) is 24.3 Å². The highest BCUT2D eigenvalue weighted by molar-refractivity contribution is 5.22. The molecule has 5 heteroatoms. The molecule has 1 aliphatic heterocycles. The summed E-state index contributed by atoms with van der Waals surface area (Å²) in [6.45, 7) is 2.44. The largest absolute Gasteiger partial charge is 0.491 e.